The highest BCUT2D eigenvalue weighted by Crippen LogP contribution is 2.28. The molecule has 0 radical (unpaired) electrons. The third-order valence-corrected chi connectivity index (χ3v) is 5.09. The van der Waals surface area contributed by atoms with Crippen LogP contribution in [0.25, 0.3) is 5.69 Å². The number of nitrogens with one attached hydrogen (secondary N) is 1. The first-order chi connectivity index (χ1) is 15.8. The molecule has 0 amide bonds. The van der Waals surface area contributed by atoms with Crippen LogP contribution in [0.2, 0.25) is 5.02 Å². The zero-order valence-corrected chi connectivity index (χ0v) is 18.0. The molecule has 1 aromatic heterocycles. The number of carbonyl (C=O) groups excluding carboxylic acids is 1. The fourth-order valence-electron chi connectivity index (χ4n) is 3.19. The molecule has 0 fully saturated rings. The number of nitrogens with zero attached hydrogens (tertiary/aromatic N) is 4. The minimum Gasteiger partial charge on any atom is -0.293 e. The molecule has 3 aromatic carbocycles. The molecule has 0 saturated carbocycles. The second-order valence-electron chi connectivity index (χ2n) is 7.06. The van der Waals surface area contributed by atoms with Gasteiger partial charge in [0.2, 0.25) is 0 Å². The van der Waals surface area contributed by atoms with E-state index in [9.17, 15) is 19.7 Å². The summed E-state index contributed by atoms with van der Waals surface area (Å²) < 4.78 is 1.21. The molecular weight excluding hydrogens is 446 g/mol. The summed E-state index contributed by atoms with van der Waals surface area (Å²) in [5.74, 6) is -0.277. The third kappa shape index (κ3) is 4.48. The quantitative estimate of drug-likeness (QED) is 0.171. The van der Waals surface area contributed by atoms with E-state index in [0.717, 1.165) is 0 Å². The Morgan fingerprint density at radius 3 is 2.39 bits per heavy atom. The van der Waals surface area contributed by atoms with E-state index in [1.807, 2.05) is 0 Å². The van der Waals surface area contributed by atoms with Gasteiger partial charge in [0.1, 0.15) is 0 Å². The van der Waals surface area contributed by atoms with Gasteiger partial charge in [0.15, 0.2) is 11.5 Å². The molecule has 4 aromatic rings. The van der Waals surface area contributed by atoms with Gasteiger partial charge < -0.3 is 0 Å². The van der Waals surface area contributed by atoms with Gasteiger partial charge in [-0.05, 0) is 37.3 Å². The molecule has 164 valence electrons. The monoisotopic (exact) mass is 461 g/mol. The topological polar surface area (TPSA) is 123 Å². The summed E-state index contributed by atoms with van der Waals surface area (Å²) in [6.07, 6.45) is 0. The number of azo groups is 1. The molecule has 33 heavy (non-hydrogen) atoms. The number of rotatable bonds is 6. The Bertz CT molecular complexity index is 1440. The highest BCUT2D eigenvalue weighted by Gasteiger charge is 2.16. The van der Waals surface area contributed by atoms with Gasteiger partial charge >= 0.3 is 0 Å². The van der Waals surface area contributed by atoms with Gasteiger partial charge in [0.05, 0.1) is 27.6 Å². The van der Waals surface area contributed by atoms with Crippen molar-refractivity contribution in [2.45, 2.75) is 6.92 Å². The van der Waals surface area contributed by atoms with E-state index >= 15 is 0 Å². The minimum absolute atomic E-state index is 0.0430. The molecular formula is C23H16ClN5O4. The maximum Gasteiger partial charge on any atom is 0.299 e. The summed E-state index contributed by atoms with van der Waals surface area (Å²) in [7, 11) is 0. The third-order valence-electron chi connectivity index (χ3n) is 4.86. The summed E-state index contributed by atoms with van der Waals surface area (Å²) in [6.45, 7) is 1.65. The number of non-ortho nitro benzene ring substituents is 1. The number of benzene rings is 3. The second kappa shape index (κ2) is 9.01. The molecule has 1 heterocycles. The standard InChI is InChI=1S/C23H16ClN5O4/c1-14-21(23(31)28(27-14)17-8-10-18(11-9-17)29(32)33)26-25-20-12-7-16(24)13-19(20)22(30)15-5-3-2-4-6-15/h2-13,27H,1H3. The van der Waals surface area contributed by atoms with Crippen LogP contribution in [0, 0.1) is 17.0 Å². The fourth-order valence-corrected chi connectivity index (χ4v) is 3.36. The second-order valence-corrected chi connectivity index (χ2v) is 7.49. The van der Waals surface area contributed by atoms with Crippen LogP contribution in [-0.2, 0) is 0 Å². The van der Waals surface area contributed by atoms with Crippen LogP contribution in [0.4, 0.5) is 17.1 Å². The molecule has 1 N–H and O–H groups in total. The van der Waals surface area contributed by atoms with Crippen molar-refractivity contribution in [3.63, 3.8) is 0 Å². The first-order valence-corrected chi connectivity index (χ1v) is 10.1. The van der Waals surface area contributed by atoms with Crippen LogP contribution >= 0.6 is 11.6 Å². The Balaban J connectivity index is 1.70. The summed E-state index contributed by atoms with van der Waals surface area (Å²) in [4.78, 5) is 36.2. The number of ketones is 1. The summed E-state index contributed by atoms with van der Waals surface area (Å²) >= 11 is 6.09. The lowest BCUT2D eigenvalue weighted by molar-refractivity contribution is -0.384. The minimum atomic E-state index is -0.521. The van der Waals surface area contributed by atoms with Crippen molar-refractivity contribution in [2.75, 3.05) is 0 Å². The molecule has 0 aliphatic carbocycles. The Kier molecular flexibility index (Phi) is 5.97. The van der Waals surface area contributed by atoms with E-state index in [4.69, 9.17) is 11.6 Å². The zero-order valence-electron chi connectivity index (χ0n) is 17.2. The van der Waals surface area contributed by atoms with E-state index in [2.05, 4.69) is 15.3 Å². The molecule has 10 heteroatoms. The number of aromatic nitrogens is 2. The molecule has 0 saturated heterocycles. The van der Waals surface area contributed by atoms with Gasteiger partial charge in [-0.3, -0.25) is 24.8 Å². The van der Waals surface area contributed by atoms with Gasteiger partial charge in [-0.2, -0.15) is 0 Å². The summed E-state index contributed by atoms with van der Waals surface area (Å²) in [5, 5.41) is 22.3. The van der Waals surface area contributed by atoms with Crippen LogP contribution in [-0.4, -0.2) is 20.5 Å². The van der Waals surface area contributed by atoms with Gasteiger partial charge in [-0.1, -0.05) is 41.9 Å². The van der Waals surface area contributed by atoms with Crippen molar-refractivity contribution in [1.82, 2.24) is 9.78 Å². The number of carbonyl (C=O) groups is 1. The van der Waals surface area contributed by atoms with Gasteiger partial charge in [-0.15, -0.1) is 10.2 Å². The van der Waals surface area contributed by atoms with E-state index in [1.165, 1.54) is 35.0 Å². The van der Waals surface area contributed by atoms with Gasteiger partial charge in [0, 0.05) is 22.7 Å². The molecule has 0 spiro atoms. The van der Waals surface area contributed by atoms with Crippen LogP contribution in [0.15, 0.2) is 87.8 Å². The van der Waals surface area contributed by atoms with E-state index in [0.29, 0.717) is 22.0 Å². The van der Waals surface area contributed by atoms with Crippen LogP contribution in [0.5, 0.6) is 0 Å². The molecule has 0 aliphatic rings. The number of H-pyrrole nitrogens is 1. The first kappa shape index (κ1) is 21.8. The summed E-state index contributed by atoms with van der Waals surface area (Å²) in [6, 6.07) is 18.8. The number of aromatic amines is 1. The largest absolute Gasteiger partial charge is 0.299 e. The number of hydrogen-bond donors (Lipinski definition) is 1. The Labute approximate surface area is 192 Å². The maximum atomic E-state index is 12.9. The molecule has 9 nitrogen and oxygen atoms in total. The van der Waals surface area contributed by atoms with Crippen LogP contribution in [0.3, 0.4) is 0 Å². The van der Waals surface area contributed by atoms with E-state index < -0.39 is 10.5 Å². The lowest BCUT2D eigenvalue weighted by Gasteiger charge is -2.05. The van der Waals surface area contributed by atoms with Crippen molar-refractivity contribution >= 4 is 34.4 Å². The lowest BCUT2D eigenvalue weighted by atomic mass is 10.0. The van der Waals surface area contributed by atoms with E-state index in [1.54, 1.807) is 49.4 Å². The van der Waals surface area contributed by atoms with Gasteiger partial charge in [-0.25, -0.2) is 4.68 Å². The van der Waals surface area contributed by atoms with Crippen molar-refractivity contribution in [2.24, 2.45) is 10.2 Å². The lowest BCUT2D eigenvalue weighted by Crippen LogP contribution is -2.13. The highest BCUT2D eigenvalue weighted by molar-refractivity contribution is 6.31. The Morgan fingerprint density at radius 1 is 1.03 bits per heavy atom. The first-order valence-electron chi connectivity index (χ1n) is 9.72. The van der Waals surface area contributed by atoms with Crippen molar-refractivity contribution in [1.29, 1.82) is 0 Å². The average Bonchev–Trinajstić information content (AvgIpc) is 3.11. The van der Waals surface area contributed by atoms with Crippen molar-refractivity contribution < 1.29 is 9.72 Å². The SMILES string of the molecule is Cc1[nH]n(-c2ccc([N+](=O)[O-])cc2)c(=O)c1N=Nc1ccc(Cl)cc1C(=O)c1ccccc1. The Morgan fingerprint density at radius 2 is 1.73 bits per heavy atom. The van der Waals surface area contributed by atoms with Crippen LogP contribution in [0.1, 0.15) is 21.6 Å². The number of hydrogen-bond acceptors (Lipinski definition) is 6. The van der Waals surface area contributed by atoms with Crippen molar-refractivity contribution in [3.05, 3.63) is 115 Å². The van der Waals surface area contributed by atoms with Crippen LogP contribution < -0.4 is 5.56 Å². The molecule has 4 rings (SSSR count). The average molecular weight is 462 g/mol. The van der Waals surface area contributed by atoms with Gasteiger partial charge in [0.25, 0.3) is 11.2 Å². The van der Waals surface area contributed by atoms with E-state index in [-0.39, 0.29) is 28.4 Å². The molecule has 0 unspecified atom stereocenters. The number of nitro benzene ring substituents is 1. The van der Waals surface area contributed by atoms with Crippen molar-refractivity contribution in [3.8, 4) is 5.69 Å². The number of nitro groups is 1. The molecule has 0 bridgehead atoms. The highest BCUT2D eigenvalue weighted by atomic mass is 35.5. The predicted molar refractivity (Wildman–Crippen MR) is 123 cm³/mol. The fraction of sp³-hybridized carbons (Fsp3) is 0.0435. The predicted octanol–water partition coefficient (Wildman–Crippen LogP) is 5.68. The summed E-state index contributed by atoms with van der Waals surface area (Å²) in [5.41, 5.74) is 1.28. The molecule has 0 atom stereocenters. The normalized spacial score (nSPS) is 11.1. The smallest absolute Gasteiger partial charge is 0.293 e. The Hall–Kier alpha value is -4.37. The maximum absolute atomic E-state index is 12.9. The zero-order chi connectivity index (χ0) is 23.5. The number of halogens is 1. The molecule has 0 aliphatic heterocycles. The number of aryl methyl sites for hydroxylation is 1.